The van der Waals surface area contributed by atoms with Crippen LogP contribution in [0.2, 0.25) is 5.02 Å². The number of hydrogen-bond donors (Lipinski definition) is 0. The van der Waals surface area contributed by atoms with Gasteiger partial charge in [-0.2, -0.15) is 0 Å². The van der Waals surface area contributed by atoms with Crippen molar-refractivity contribution < 1.29 is 4.74 Å². The van der Waals surface area contributed by atoms with Gasteiger partial charge >= 0.3 is 0 Å². The summed E-state index contributed by atoms with van der Waals surface area (Å²) >= 11 is 12.2. The second-order valence-corrected chi connectivity index (χ2v) is 5.18. The summed E-state index contributed by atoms with van der Waals surface area (Å²) in [7, 11) is 1.69. The van der Waals surface area contributed by atoms with Gasteiger partial charge in [-0.05, 0) is 48.4 Å². The average molecular weight is 275 g/mol. The zero-order chi connectivity index (χ0) is 12.9. The number of halogens is 2. The summed E-state index contributed by atoms with van der Waals surface area (Å²) in [6, 6.07) is 5.75. The highest BCUT2D eigenvalue weighted by molar-refractivity contribution is 6.30. The quantitative estimate of drug-likeness (QED) is 0.668. The molecular weight excluding hydrogens is 255 g/mol. The Morgan fingerprint density at radius 1 is 1.24 bits per heavy atom. The molecule has 1 rings (SSSR count). The van der Waals surface area contributed by atoms with Crippen LogP contribution in [0.5, 0.6) is 5.75 Å². The fourth-order valence-electron chi connectivity index (χ4n) is 2.03. The Labute approximate surface area is 114 Å². The number of benzene rings is 1. The SMILES string of the molecule is CCC(CC)(CCl)Cc1cc(Cl)ccc1OC. The minimum Gasteiger partial charge on any atom is -0.496 e. The van der Waals surface area contributed by atoms with E-state index < -0.39 is 0 Å². The largest absolute Gasteiger partial charge is 0.496 e. The van der Waals surface area contributed by atoms with Crippen molar-refractivity contribution >= 4 is 23.2 Å². The van der Waals surface area contributed by atoms with E-state index in [1.54, 1.807) is 7.11 Å². The van der Waals surface area contributed by atoms with Gasteiger partial charge in [-0.25, -0.2) is 0 Å². The van der Waals surface area contributed by atoms with E-state index in [1.165, 1.54) is 0 Å². The molecule has 0 saturated carbocycles. The predicted octanol–water partition coefficient (Wildman–Crippen LogP) is 4.94. The lowest BCUT2D eigenvalue weighted by molar-refractivity contribution is 0.296. The maximum atomic E-state index is 6.14. The third-order valence-electron chi connectivity index (χ3n) is 3.59. The molecule has 0 fully saturated rings. The lowest BCUT2D eigenvalue weighted by Gasteiger charge is -2.30. The van der Waals surface area contributed by atoms with Gasteiger partial charge in [0.2, 0.25) is 0 Å². The maximum absolute atomic E-state index is 6.14. The molecule has 96 valence electrons. The first-order valence-corrected chi connectivity index (χ1v) is 6.90. The molecule has 0 unspecified atom stereocenters. The lowest BCUT2D eigenvalue weighted by Crippen LogP contribution is -2.24. The standard InChI is InChI=1S/C14H20Cl2O/c1-4-14(5-2,10-15)9-11-8-12(16)6-7-13(11)17-3/h6-8H,4-5,9-10H2,1-3H3. The van der Waals surface area contributed by atoms with Gasteiger partial charge in [0.05, 0.1) is 7.11 Å². The molecule has 0 heterocycles. The number of ether oxygens (including phenoxy) is 1. The molecule has 1 aromatic rings. The molecule has 0 bridgehead atoms. The van der Waals surface area contributed by atoms with E-state index in [0.29, 0.717) is 5.88 Å². The molecule has 0 N–H and O–H groups in total. The van der Waals surface area contributed by atoms with Crippen LogP contribution in [0.15, 0.2) is 18.2 Å². The van der Waals surface area contributed by atoms with Crippen LogP contribution < -0.4 is 4.74 Å². The molecule has 17 heavy (non-hydrogen) atoms. The Morgan fingerprint density at radius 3 is 2.35 bits per heavy atom. The highest BCUT2D eigenvalue weighted by Gasteiger charge is 2.26. The fourth-order valence-corrected chi connectivity index (χ4v) is 2.69. The third kappa shape index (κ3) is 3.53. The topological polar surface area (TPSA) is 9.23 Å². The van der Waals surface area contributed by atoms with Crippen LogP contribution in [0.1, 0.15) is 32.3 Å². The average Bonchev–Trinajstić information content (AvgIpc) is 2.36. The summed E-state index contributed by atoms with van der Waals surface area (Å²) < 4.78 is 5.38. The molecule has 0 aromatic heterocycles. The van der Waals surface area contributed by atoms with E-state index in [0.717, 1.165) is 35.6 Å². The molecule has 0 aliphatic rings. The van der Waals surface area contributed by atoms with Crippen LogP contribution in [0, 0.1) is 5.41 Å². The van der Waals surface area contributed by atoms with Crippen LogP contribution in [0.25, 0.3) is 0 Å². The first-order valence-electron chi connectivity index (χ1n) is 5.99. The smallest absolute Gasteiger partial charge is 0.122 e. The summed E-state index contributed by atoms with van der Waals surface area (Å²) in [4.78, 5) is 0. The molecule has 0 spiro atoms. The fraction of sp³-hybridized carbons (Fsp3) is 0.571. The van der Waals surface area contributed by atoms with Gasteiger partial charge in [0.25, 0.3) is 0 Å². The molecule has 0 amide bonds. The Morgan fingerprint density at radius 2 is 1.88 bits per heavy atom. The zero-order valence-corrected chi connectivity index (χ0v) is 12.2. The van der Waals surface area contributed by atoms with E-state index in [1.807, 2.05) is 18.2 Å². The van der Waals surface area contributed by atoms with Gasteiger partial charge < -0.3 is 4.74 Å². The van der Waals surface area contributed by atoms with Crippen molar-refractivity contribution in [3.8, 4) is 5.75 Å². The first kappa shape index (κ1) is 14.7. The van der Waals surface area contributed by atoms with E-state index in [2.05, 4.69) is 13.8 Å². The van der Waals surface area contributed by atoms with E-state index >= 15 is 0 Å². The number of methoxy groups -OCH3 is 1. The van der Waals surface area contributed by atoms with Crippen molar-refractivity contribution in [1.82, 2.24) is 0 Å². The lowest BCUT2D eigenvalue weighted by atomic mass is 9.78. The molecule has 1 aromatic carbocycles. The second-order valence-electron chi connectivity index (χ2n) is 4.47. The van der Waals surface area contributed by atoms with Gasteiger partial charge in [-0.1, -0.05) is 25.4 Å². The summed E-state index contributed by atoms with van der Waals surface area (Å²) in [5, 5.41) is 0.747. The van der Waals surface area contributed by atoms with Gasteiger partial charge in [0, 0.05) is 10.9 Å². The summed E-state index contributed by atoms with van der Waals surface area (Å²) in [5.74, 6) is 1.56. The Kier molecular flexibility index (Phi) is 5.61. The zero-order valence-electron chi connectivity index (χ0n) is 10.7. The van der Waals surface area contributed by atoms with Crippen LogP contribution in [-0.4, -0.2) is 13.0 Å². The number of hydrogen-bond acceptors (Lipinski definition) is 1. The van der Waals surface area contributed by atoms with Crippen molar-refractivity contribution in [1.29, 1.82) is 0 Å². The maximum Gasteiger partial charge on any atom is 0.122 e. The second kappa shape index (κ2) is 6.51. The molecule has 3 heteroatoms. The molecule has 0 atom stereocenters. The molecule has 1 nitrogen and oxygen atoms in total. The summed E-state index contributed by atoms with van der Waals surface area (Å²) in [5.41, 5.74) is 1.28. The van der Waals surface area contributed by atoms with Crippen molar-refractivity contribution in [3.63, 3.8) is 0 Å². The third-order valence-corrected chi connectivity index (χ3v) is 4.39. The number of alkyl halides is 1. The predicted molar refractivity (Wildman–Crippen MR) is 75.4 cm³/mol. The van der Waals surface area contributed by atoms with Crippen molar-refractivity contribution in [2.45, 2.75) is 33.1 Å². The van der Waals surface area contributed by atoms with Crippen LogP contribution in [0.4, 0.5) is 0 Å². The van der Waals surface area contributed by atoms with Gasteiger partial charge in [-0.15, -0.1) is 11.6 Å². The Hall–Kier alpha value is -0.400. The molecule has 0 aliphatic carbocycles. The van der Waals surface area contributed by atoms with Crippen LogP contribution in [0.3, 0.4) is 0 Å². The molecular formula is C14H20Cl2O. The molecule has 0 saturated heterocycles. The van der Waals surface area contributed by atoms with E-state index in [4.69, 9.17) is 27.9 Å². The highest BCUT2D eigenvalue weighted by Crippen LogP contribution is 2.36. The van der Waals surface area contributed by atoms with Gasteiger partial charge in [0.1, 0.15) is 5.75 Å². The molecule has 0 aliphatic heterocycles. The van der Waals surface area contributed by atoms with E-state index in [-0.39, 0.29) is 5.41 Å². The highest BCUT2D eigenvalue weighted by atomic mass is 35.5. The number of rotatable bonds is 6. The van der Waals surface area contributed by atoms with Crippen molar-refractivity contribution in [3.05, 3.63) is 28.8 Å². The van der Waals surface area contributed by atoms with Gasteiger partial charge in [-0.3, -0.25) is 0 Å². The summed E-state index contributed by atoms with van der Waals surface area (Å²) in [6.45, 7) is 4.37. The first-order chi connectivity index (χ1) is 8.10. The van der Waals surface area contributed by atoms with Crippen LogP contribution in [-0.2, 0) is 6.42 Å². The minimum absolute atomic E-state index is 0.138. The monoisotopic (exact) mass is 274 g/mol. The summed E-state index contributed by atoms with van der Waals surface area (Å²) in [6.07, 6.45) is 3.03. The minimum atomic E-state index is 0.138. The normalized spacial score (nSPS) is 11.6. The van der Waals surface area contributed by atoms with E-state index in [9.17, 15) is 0 Å². The Balaban J connectivity index is 3.03. The van der Waals surface area contributed by atoms with Crippen molar-refractivity contribution in [2.75, 3.05) is 13.0 Å². The Bertz CT molecular complexity index is 351. The van der Waals surface area contributed by atoms with Gasteiger partial charge in [0.15, 0.2) is 0 Å². The van der Waals surface area contributed by atoms with Crippen LogP contribution >= 0.6 is 23.2 Å². The molecule has 0 radical (unpaired) electrons. The van der Waals surface area contributed by atoms with Crippen molar-refractivity contribution in [2.24, 2.45) is 5.41 Å².